The molecular weight excluding hydrogens is 308 g/mol. The van der Waals surface area contributed by atoms with Crippen LogP contribution >= 0.6 is 0 Å². The fourth-order valence-corrected chi connectivity index (χ4v) is 3.63. The van der Waals surface area contributed by atoms with Crippen molar-refractivity contribution in [2.24, 2.45) is 0 Å². The van der Waals surface area contributed by atoms with Gasteiger partial charge in [0, 0.05) is 22.3 Å². The van der Waals surface area contributed by atoms with Crippen LogP contribution in [0, 0.1) is 6.92 Å². The Labute approximate surface area is 152 Å². The van der Waals surface area contributed by atoms with Crippen LogP contribution < -0.4 is 0 Å². The van der Waals surface area contributed by atoms with Crippen molar-refractivity contribution in [3.8, 4) is 0 Å². The second-order valence-electron chi connectivity index (χ2n) is 7.39. The van der Waals surface area contributed by atoms with E-state index in [9.17, 15) is 9.59 Å². The maximum atomic E-state index is 12.7. The van der Waals surface area contributed by atoms with Gasteiger partial charge in [0.2, 0.25) is 0 Å². The van der Waals surface area contributed by atoms with Crippen LogP contribution in [-0.2, 0) is 0 Å². The van der Waals surface area contributed by atoms with Gasteiger partial charge in [-0.3, -0.25) is 9.59 Å². The molecule has 0 N–H and O–H groups in total. The largest absolute Gasteiger partial charge is 0.289 e. The Kier molecular flexibility index (Phi) is 7.61. The van der Waals surface area contributed by atoms with Crippen molar-refractivity contribution in [3.63, 3.8) is 0 Å². The Morgan fingerprint density at radius 3 is 1.96 bits per heavy atom. The fourth-order valence-electron chi connectivity index (χ4n) is 3.63. The molecule has 25 heavy (non-hydrogen) atoms. The highest BCUT2D eigenvalue weighted by molar-refractivity contribution is 6.26. The van der Waals surface area contributed by atoms with Gasteiger partial charge in [-0.25, -0.2) is 0 Å². The van der Waals surface area contributed by atoms with E-state index >= 15 is 0 Å². The maximum Gasteiger partial charge on any atom is 0.190 e. The lowest BCUT2D eigenvalue weighted by molar-refractivity contribution is 0.0971. The third-order valence-electron chi connectivity index (χ3n) is 5.26. The summed E-state index contributed by atoms with van der Waals surface area (Å²) in [5, 5.41) is 0. The van der Waals surface area contributed by atoms with E-state index in [2.05, 4.69) is 6.92 Å². The third-order valence-corrected chi connectivity index (χ3v) is 5.26. The van der Waals surface area contributed by atoms with Crippen LogP contribution in [0.25, 0.3) is 0 Å². The average molecular weight is 341 g/mol. The van der Waals surface area contributed by atoms with Gasteiger partial charge >= 0.3 is 0 Å². The molecule has 2 heteroatoms. The van der Waals surface area contributed by atoms with Crippen molar-refractivity contribution < 1.29 is 9.59 Å². The number of carbonyl (C=O) groups excluding carboxylic acids is 2. The topological polar surface area (TPSA) is 34.1 Å². The highest BCUT2D eigenvalue weighted by Gasteiger charge is 2.29. The van der Waals surface area contributed by atoms with Crippen molar-refractivity contribution in [2.45, 2.75) is 85.0 Å². The first-order valence-corrected chi connectivity index (χ1v) is 9.96. The predicted octanol–water partition coefficient (Wildman–Crippen LogP) is 6.61. The van der Waals surface area contributed by atoms with E-state index < -0.39 is 0 Å². The standard InChI is InChI=1S/C23H32O2/c1-4-5-6-7-8-9-10-11-12-13-19-18(3)22(24)21-16-17(2)14-15-20(21)23(19)25/h14-16H,4-13H2,1-3H3. The molecule has 2 nitrogen and oxygen atoms in total. The minimum atomic E-state index is 0.0317. The van der Waals surface area contributed by atoms with Crippen LogP contribution in [0.2, 0.25) is 0 Å². The zero-order valence-corrected chi connectivity index (χ0v) is 16.1. The van der Waals surface area contributed by atoms with E-state index in [0.717, 1.165) is 30.4 Å². The van der Waals surface area contributed by atoms with Crippen LogP contribution in [0.1, 0.15) is 104 Å². The molecule has 0 fully saturated rings. The van der Waals surface area contributed by atoms with Crippen LogP contribution in [0.15, 0.2) is 29.3 Å². The molecule has 0 saturated carbocycles. The number of unbranched alkanes of at least 4 members (excludes halogenated alkanes) is 8. The summed E-state index contributed by atoms with van der Waals surface area (Å²) in [6.07, 6.45) is 12.1. The van der Waals surface area contributed by atoms with Gasteiger partial charge < -0.3 is 0 Å². The van der Waals surface area contributed by atoms with Crippen molar-refractivity contribution in [3.05, 3.63) is 46.0 Å². The quantitative estimate of drug-likeness (QED) is 0.449. The number of carbonyl (C=O) groups is 2. The van der Waals surface area contributed by atoms with E-state index in [0.29, 0.717) is 16.7 Å². The second kappa shape index (κ2) is 9.70. The van der Waals surface area contributed by atoms with Gasteiger partial charge in [-0.15, -0.1) is 0 Å². The number of fused-ring (bicyclic) bond motifs is 1. The number of rotatable bonds is 10. The second-order valence-corrected chi connectivity index (χ2v) is 7.39. The van der Waals surface area contributed by atoms with Crippen molar-refractivity contribution in [2.75, 3.05) is 0 Å². The monoisotopic (exact) mass is 340 g/mol. The van der Waals surface area contributed by atoms with E-state index in [1.54, 1.807) is 0 Å². The first-order chi connectivity index (χ1) is 12.1. The van der Waals surface area contributed by atoms with Gasteiger partial charge in [0.05, 0.1) is 0 Å². The lowest BCUT2D eigenvalue weighted by atomic mass is 9.82. The van der Waals surface area contributed by atoms with E-state index in [-0.39, 0.29) is 11.6 Å². The zero-order valence-electron chi connectivity index (χ0n) is 16.1. The number of Topliss-reactive ketones (excluding diaryl/α,β-unsaturated/α-hetero) is 2. The average Bonchev–Trinajstić information content (AvgIpc) is 2.60. The summed E-state index contributed by atoms with van der Waals surface area (Å²) in [6.45, 7) is 6.01. The SMILES string of the molecule is CCCCCCCCCCCC1=C(C)C(=O)c2cc(C)ccc2C1=O. The maximum absolute atomic E-state index is 12.7. The smallest absolute Gasteiger partial charge is 0.190 e. The van der Waals surface area contributed by atoms with E-state index in [1.807, 2.05) is 32.0 Å². The van der Waals surface area contributed by atoms with E-state index in [4.69, 9.17) is 0 Å². The number of ketones is 2. The Balaban J connectivity index is 1.82. The summed E-state index contributed by atoms with van der Waals surface area (Å²) in [7, 11) is 0. The molecule has 0 radical (unpaired) electrons. The number of aryl methyl sites for hydroxylation is 1. The summed E-state index contributed by atoms with van der Waals surface area (Å²) in [5.41, 5.74) is 3.59. The molecule has 0 unspecified atom stereocenters. The predicted molar refractivity (Wildman–Crippen MR) is 104 cm³/mol. The van der Waals surface area contributed by atoms with Crippen LogP contribution in [0.5, 0.6) is 0 Å². The molecule has 1 aliphatic rings. The number of benzene rings is 1. The van der Waals surface area contributed by atoms with Crippen molar-refractivity contribution in [1.29, 1.82) is 0 Å². The number of hydrogen-bond acceptors (Lipinski definition) is 2. The number of allylic oxidation sites excluding steroid dienone is 2. The molecule has 1 aromatic rings. The van der Waals surface area contributed by atoms with Gasteiger partial charge in [0.15, 0.2) is 11.6 Å². The molecule has 136 valence electrons. The molecule has 0 spiro atoms. The Hall–Kier alpha value is -1.70. The lowest BCUT2D eigenvalue weighted by Gasteiger charge is -2.19. The first-order valence-electron chi connectivity index (χ1n) is 9.96. The Morgan fingerprint density at radius 1 is 0.720 bits per heavy atom. The summed E-state index contributed by atoms with van der Waals surface area (Å²) in [4.78, 5) is 25.3. The normalized spacial score (nSPS) is 14.2. The van der Waals surface area contributed by atoms with Crippen molar-refractivity contribution in [1.82, 2.24) is 0 Å². The molecular formula is C23H32O2. The van der Waals surface area contributed by atoms with E-state index in [1.165, 1.54) is 44.9 Å². The van der Waals surface area contributed by atoms with Gasteiger partial charge in [0.25, 0.3) is 0 Å². The minimum Gasteiger partial charge on any atom is -0.289 e. The summed E-state index contributed by atoms with van der Waals surface area (Å²) >= 11 is 0. The molecule has 0 atom stereocenters. The van der Waals surface area contributed by atoms with Crippen LogP contribution in [0.4, 0.5) is 0 Å². The first kappa shape index (κ1) is 19.6. The molecule has 0 bridgehead atoms. The minimum absolute atomic E-state index is 0.0317. The molecule has 0 aromatic heterocycles. The molecule has 1 aromatic carbocycles. The molecule has 2 rings (SSSR count). The lowest BCUT2D eigenvalue weighted by Crippen LogP contribution is -2.21. The zero-order chi connectivity index (χ0) is 18.2. The van der Waals surface area contributed by atoms with Gasteiger partial charge in [-0.2, -0.15) is 0 Å². The fraction of sp³-hybridized carbons (Fsp3) is 0.565. The molecule has 0 heterocycles. The highest BCUT2D eigenvalue weighted by atomic mass is 16.1. The highest BCUT2D eigenvalue weighted by Crippen LogP contribution is 2.29. The summed E-state index contributed by atoms with van der Waals surface area (Å²) in [5.74, 6) is 0.0934. The summed E-state index contributed by atoms with van der Waals surface area (Å²) < 4.78 is 0. The molecule has 1 aliphatic carbocycles. The van der Waals surface area contributed by atoms with Gasteiger partial charge in [-0.05, 0) is 32.8 Å². The Morgan fingerprint density at radius 2 is 1.32 bits per heavy atom. The molecule has 0 amide bonds. The third kappa shape index (κ3) is 5.14. The number of hydrogen-bond donors (Lipinski definition) is 0. The molecule has 0 saturated heterocycles. The molecule has 0 aliphatic heterocycles. The Bertz CT molecular complexity index is 652. The summed E-state index contributed by atoms with van der Waals surface area (Å²) in [6, 6.07) is 5.57. The van der Waals surface area contributed by atoms with Crippen LogP contribution in [-0.4, -0.2) is 11.6 Å². The van der Waals surface area contributed by atoms with Crippen molar-refractivity contribution >= 4 is 11.6 Å². The van der Waals surface area contributed by atoms with Gasteiger partial charge in [0.1, 0.15) is 0 Å². The van der Waals surface area contributed by atoms with Crippen LogP contribution in [0.3, 0.4) is 0 Å². The van der Waals surface area contributed by atoms with Gasteiger partial charge in [-0.1, -0.05) is 76.0 Å².